The van der Waals surface area contributed by atoms with Crippen molar-refractivity contribution in [2.45, 2.75) is 44.6 Å². The van der Waals surface area contributed by atoms with Gasteiger partial charge in [0.2, 0.25) is 17.6 Å². The van der Waals surface area contributed by atoms with E-state index in [1.165, 1.54) is 23.2 Å². The molecule has 4 amide bonds. The zero-order chi connectivity index (χ0) is 27.7. The number of carbonyl (C=O) groups is 4. The number of carbonyl (C=O) groups excluding carboxylic acids is 4. The lowest BCUT2D eigenvalue weighted by atomic mass is 9.84. The zero-order valence-corrected chi connectivity index (χ0v) is 22.5. The maximum absolute atomic E-state index is 13.4. The van der Waals surface area contributed by atoms with Gasteiger partial charge in [-0.3, -0.25) is 19.2 Å². The van der Waals surface area contributed by atoms with Crippen LogP contribution in [0.1, 0.15) is 59.6 Å². The fraction of sp³-hybridized carbons (Fsp3) is 0.407. The highest BCUT2D eigenvalue weighted by molar-refractivity contribution is 6.30. The van der Waals surface area contributed by atoms with Crippen LogP contribution >= 0.6 is 11.6 Å². The summed E-state index contributed by atoms with van der Waals surface area (Å²) in [6, 6.07) is 6.33. The number of pyridine rings is 2. The van der Waals surface area contributed by atoms with Crippen LogP contribution in [0.2, 0.25) is 5.02 Å². The van der Waals surface area contributed by atoms with Gasteiger partial charge in [0.1, 0.15) is 22.7 Å². The molecule has 0 bridgehead atoms. The minimum Gasteiger partial charge on any atom is -0.447 e. The minimum atomic E-state index is -0.644. The van der Waals surface area contributed by atoms with E-state index in [9.17, 15) is 19.2 Å². The van der Waals surface area contributed by atoms with Gasteiger partial charge in [-0.25, -0.2) is 9.97 Å². The van der Waals surface area contributed by atoms with Gasteiger partial charge in [-0.05, 0) is 56.4 Å². The van der Waals surface area contributed by atoms with Crippen molar-refractivity contribution >= 4 is 57.8 Å². The van der Waals surface area contributed by atoms with Crippen molar-refractivity contribution < 1.29 is 23.6 Å². The molecule has 0 aromatic carbocycles. The topological polar surface area (TPSA) is 138 Å². The lowest BCUT2D eigenvalue weighted by Crippen LogP contribution is -2.40. The van der Waals surface area contributed by atoms with Gasteiger partial charge in [-0.1, -0.05) is 11.6 Å². The highest BCUT2D eigenvalue weighted by Crippen LogP contribution is 2.34. The summed E-state index contributed by atoms with van der Waals surface area (Å²) >= 11 is 5.89. The standard InChI is InChI=1S/C27H29ClN6O5/c1-33(2)27(38)18-10-11-19-22(30-18)23(24(39-19)26(37)31-20-12-7-16(28)14-29-20)32-25(36)15-5-8-17(9-6-15)34-13-3-4-21(34)35/h7,10-12,14-15,17H,3-6,8-9,13H2,1-2H3,(H,32,36)(H,29,31,37). The third-order valence-corrected chi connectivity index (χ3v) is 7.42. The third-order valence-electron chi connectivity index (χ3n) is 7.20. The molecule has 2 fully saturated rings. The number of rotatable bonds is 6. The van der Waals surface area contributed by atoms with E-state index in [2.05, 4.69) is 20.6 Å². The van der Waals surface area contributed by atoms with Gasteiger partial charge in [-0.15, -0.1) is 0 Å². The summed E-state index contributed by atoms with van der Waals surface area (Å²) in [7, 11) is 3.21. The van der Waals surface area contributed by atoms with E-state index >= 15 is 0 Å². The maximum Gasteiger partial charge on any atom is 0.294 e. The van der Waals surface area contributed by atoms with Crippen molar-refractivity contribution in [3.05, 3.63) is 46.9 Å². The molecule has 1 saturated carbocycles. The van der Waals surface area contributed by atoms with E-state index in [0.29, 0.717) is 24.3 Å². The van der Waals surface area contributed by atoms with Crippen LogP contribution < -0.4 is 10.6 Å². The second kappa shape index (κ2) is 11.0. The highest BCUT2D eigenvalue weighted by Gasteiger charge is 2.34. The van der Waals surface area contributed by atoms with Crippen LogP contribution in [-0.4, -0.2) is 70.1 Å². The molecule has 1 aliphatic heterocycles. The molecule has 1 saturated heterocycles. The Bertz CT molecular complexity index is 1430. The first-order chi connectivity index (χ1) is 18.7. The summed E-state index contributed by atoms with van der Waals surface area (Å²) in [6.07, 6.45) is 5.58. The van der Waals surface area contributed by atoms with Crippen molar-refractivity contribution in [3.8, 4) is 0 Å². The normalized spacial score (nSPS) is 19.3. The van der Waals surface area contributed by atoms with Gasteiger partial charge in [0.15, 0.2) is 5.58 Å². The number of hydrogen-bond donors (Lipinski definition) is 2. The maximum atomic E-state index is 13.4. The fourth-order valence-corrected chi connectivity index (χ4v) is 5.27. The van der Waals surface area contributed by atoms with Crippen LogP contribution in [0.4, 0.5) is 11.5 Å². The zero-order valence-electron chi connectivity index (χ0n) is 21.7. The van der Waals surface area contributed by atoms with Crippen LogP contribution in [-0.2, 0) is 9.59 Å². The van der Waals surface area contributed by atoms with Gasteiger partial charge in [0, 0.05) is 45.2 Å². The van der Waals surface area contributed by atoms with Crippen molar-refractivity contribution in [2.24, 2.45) is 5.92 Å². The molecule has 3 aromatic heterocycles. The molecule has 0 atom stereocenters. The van der Waals surface area contributed by atoms with E-state index in [4.69, 9.17) is 16.0 Å². The molecule has 2 N–H and O–H groups in total. The van der Waals surface area contributed by atoms with E-state index < -0.39 is 5.91 Å². The Labute approximate surface area is 229 Å². The molecule has 1 aliphatic carbocycles. The Morgan fingerprint density at radius 1 is 1.08 bits per heavy atom. The first kappa shape index (κ1) is 26.6. The largest absolute Gasteiger partial charge is 0.447 e. The summed E-state index contributed by atoms with van der Waals surface area (Å²) in [4.78, 5) is 63.2. The number of furan rings is 1. The summed E-state index contributed by atoms with van der Waals surface area (Å²) in [5.74, 6) is -1.27. The van der Waals surface area contributed by atoms with Gasteiger partial charge >= 0.3 is 0 Å². The average molecular weight is 553 g/mol. The molecule has 0 radical (unpaired) electrons. The van der Waals surface area contributed by atoms with Gasteiger partial charge in [0.25, 0.3) is 11.8 Å². The quantitative estimate of drug-likeness (QED) is 0.472. The molecule has 0 unspecified atom stereocenters. The minimum absolute atomic E-state index is 0.0895. The van der Waals surface area contributed by atoms with Gasteiger partial charge in [-0.2, -0.15) is 0 Å². The summed E-state index contributed by atoms with van der Waals surface area (Å²) in [5, 5.41) is 5.92. The number of fused-ring (bicyclic) bond motifs is 1. The van der Waals surface area contributed by atoms with Crippen LogP contribution in [0.3, 0.4) is 0 Å². The lowest BCUT2D eigenvalue weighted by molar-refractivity contribution is -0.130. The van der Waals surface area contributed by atoms with Gasteiger partial charge < -0.3 is 24.9 Å². The molecule has 12 heteroatoms. The number of anilines is 2. The molecule has 11 nitrogen and oxygen atoms in total. The molecule has 39 heavy (non-hydrogen) atoms. The molecule has 204 valence electrons. The number of nitrogens with one attached hydrogen (secondary N) is 2. The number of hydrogen-bond acceptors (Lipinski definition) is 7. The Morgan fingerprint density at radius 3 is 2.49 bits per heavy atom. The van der Waals surface area contributed by atoms with Crippen molar-refractivity contribution in [3.63, 3.8) is 0 Å². The van der Waals surface area contributed by atoms with Crippen LogP contribution in [0.25, 0.3) is 11.1 Å². The molecule has 5 rings (SSSR count). The van der Waals surface area contributed by atoms with E-state index in [0.717, 1.165) is 25.8 Å². The average Bonchev–Trinajstić information content (AvgIpc) is 3.52. The van der Waals surface area contributed by atoms with Crippen molar-refractivity contribution in [1.29, 1.82) is 0 Å². The molecule has 4 heterocycles. The van der Waals surface area contributed by atoms with E-state index in [-0.39, 0.29) is 63.7 Å². The number of likely N-dealkylation sites (tertiary alicyclic amines) is 1. The Morgan fingerprint density at radius 2 is 1.85 bits per heavy atom. The Kier molecular flexibility index (Phi) is 7.51. The molecular formula is C27H29ClN6O5. The SMILES string of the molecule is CN(C)C(=O)c1ccc2oc(C(=O)Nc3ccc(Cl)cn3)c(NC(=O)C3CCC(N4CCCC4=O)CC3)c2n1. The van der Waals surface area contributed by atoms with Crippen molar-refractivity contribution in [2.75, 3.05) is 31.3 Å². The molecule has 0 spiro atoms. The van der Waals surface area contributed by atoms with Gasteiger partial charge in [0.05, 0.1) is 5.02 Å². The highest BCUT2D eigenvalue weighted by atomic mass is 35.5. The number of halogens is 1. The Hall–Kier alpha value is -3.99. The molecule has 3 aromatic rings. The number of amides is 4. The fourth-order valence-electron chi connectivity index (χ4n) is 5.15. The van der Waals surface area contributed by atoms with E-state index in [1.54, 1.807) is 26.2 Å². The smallest absolute Gasteiger partial charge is 0.294 e. The first-order valence-electron chi connectivity index (χ1n) is 12.9. The summed E-state index contributed by atoms with van der Waals surface area (Å²) < 4.78 is 5.82. The van der Waals surface area contributed by atoms with Crippen molar-refractivity contribution in [1.82, 2.24) is 19.8 Å². The monoisotopic (exact) mass is 552 g/mol. The van der Waals surface area contributed by atoms with Crippen LogP contribution in [0, 0.1) is 5.92 Å². The first-order valence-corrected chi connectivity index (χ1v) is 13.3. The predicted molar refractivity (Wildman–Crippen MR) is 145 cm³/mol. The Balaban J connectivity index is 1.40. The second-order valence-electron chi connectivity index (χ2n) is 10.1. The summed E-state index contributed by atoms with van der Waals surface area (Å²) in [5.41, 5.74) is 0.672. The number of aromatic nitrogens is 2. The number of nitrogens with zero attached hydrogens (tertiary/aromatic N) is 4. The summed E-state index contributed by atoms with van der Waals surface area (Å²) in [6.45, 7) is 0.780. The van der Waals surface area contributed by atoms with E-state index in [1.807, 2.05) is 4.90 Å². The third kappa shape index (κ3) is 5.58. The van der Waals surface area contributed by atoms with Crippen LogP contribution in [0.15, 0.2) is 34.9 Å². The molecular weight excluding hydrogens is 524 g/mol. The lowest BCUT2D eigenvalue weighted by Gasteiger charge is -2.34. The second-order valence-corrected chi connectivity index (χ2v) is 10.5. The predicted octanol–water partition coefficient (Wildman–Crippen LogP) is 3.95. The van der Waals surface area contributed by atoms with Crippen LogP contribution in [0.5, 0.6) is 0 Å². The molecule has 2 aliphatic rings.